The Morgan fingerprint density at radius 1 is 1.50 bits per heavy atom. The third-order valence-corrected chi connectivity index (χ3v) is 2.41. The molecule has 0 spiro atoms. The van der Waals surface area contributed by atoms with Crippen molar-refractivity contribution in [2.75, 3.05) is 26.7 Å². The summed E-state index contributed by atoms with van der Waals surface area (Å²) in [5.41, 5.74) is 0. The van der Waals surface area contributed by atoms with Crippen LogP contribution in [0.2, 0.25) is 0 Å². The lowest BCUT2D eigenvalue weighted by molar-refractivity contribution is 0.208. The Bertz CT molecular complexity index is 138. The molecule has 0 aliphatic carbocycles. The van der Waals surface area contributed by atoms with Crippen molar-refractivity contribution in [3.05, 3.63) is 0 Å². The number of likely N-dealkylation sites (tertiary alicyclic amines) is 1. The van der Waals surface area contributed by atoms with E-state index in [1.807, 2.05) is 0 Å². The van der Waals surface area contributed by atoms with Gasteiger partial charge in [-0.05, 0) is 7.05 Å². The maximum Gasteiger partial charge on any atom is 0.0486 e. The van der Waals surface area contributed by atoms with Crippen LogP contribution in [0.25, 0.3) is 0 Å². The lowest BCUT2D eigenvalue weighted by Crippen LogP contribution is -2.41. The topological polar surface area (TPSA) is 35.5 Å². The van der Waals surface area contributed by atoms with Gasteiger partial charge in [-0.3, -0.25) is 0 Å². The Labute approximate surface area is 74.8 Å². The molecule has 1 saturated heterocycles. The first kappa shape index (κ1) is 9.96. The Hall–Kier alpha value is -0.120. The van der Waals surface area contributed by atoms with Crippen molar-refractivity contribution in [3.63, 3.8) is 0 Å². The number of likely N-dealkylation sites (N-methyl/N-ethyl adjacent to an activating group) is 1. The molecule has 1 aliphatic heterocycles. The maximum atomic E-state index is 9.10. The second-order valence-corrected chi connectivity index (χ2v) is 4.09. The highest BCUT2D eigenvalue weighted by Crippen LogP contribution is 2.14. The van der Waals surface area contributed by atoms with E-state index in [-0.39, 0.29) is 0 Å². The summed E-state index contributed by atoms with van der Waals surface area (Å²) < 4.78 is 0. The van der Waals surface area contributed by atoms with Crippen molar-refractivity contribution < 1.29 is 5.11 Å². The van der Waals surface area contributed by atoms with Gasteiger partial charge in [0, 0.05) is 37.7 Å². The number of aliphatic hydroxyl groups is 1. The molecule has 0 aromatic carbocycles. The van der Waals surface area contributed by atoms with Crippen LogP contribution in [0.5, 0.6) is 0 Å². The molecule has 0 aromatic heterocycles. The van der Waals surface area contributed by atoms with E-state index in [2.05, 4.69) is 31.1 Å². The summed E-state index contributed by atoms with van der Waals surface area (Å²) in [6.07, 6.45) is 0. The van der Waals surface area contributed by atoms with Crippen molar-refractivity contribution in [1.82, 2.24) is 10.2 Å². The van der Waals surface area contributed by atoms with E-state index in [0.717, 1.165) is 13.1 Å². The third kappa shape index (κ3) is 2.44. The molecular formula is C9H20N2O. The molecule has 12 heavy (non-hydrogen) atoms. The molecule has 3 nitrogen and oxygen atoms in total. The van der Waals surface area contributed by atoms with Gasteiger partial charge in [-0.1, -0.05) is 13.8 Å². The van der Waals surface area contributed by atoms with Gasteiger partial charge in [0.05, 0.1) is 0 Å². The fraction of sp³-hybridized carbons (Fsp3) is 1.00. The molecule has 0 saturated carbocycles. The van der Waals surface area contributed by atoms with Crippen molar-refractivity contribution in [3.8, 4) is 0 Å². The molecule has 1 aliphatic rings. The van der Waals surface area contributed by atoms with E-state index < -0.39 is 0 Å². The molecule has 0 aromatic rings. The molecular weight excluding hydrogens is 152 g/mol. The highest BCUT2D eigenvalue weighted by molar-refractivity contribution is 4.87. The predicted octanol–water partition coefficient (Wildman–Crippen LogP) is -0.0931. The Morgan fingerprint density at radius 2 is 2.17 bits per heavy atom. The van der Waals surface area contributed by atoms with E-state index in [0.29, 0.717) is 24.6 Å². The normalized spacial score (nSPS) is 31.8. The van der Waals surface area contributed by atoms with Crippen LogP contribution in [0, 0.1) is 5.92 Å². The first-order valence-electron chi connectivity index (χ1n) is 4.69. The average Bonchev–Trinajstić information content (AvgIpc) is 2.29. The van der Waals surface area contributed by atoms with Gasteiger partial charge in [-0.25, -0.2) is 0 Å². The van der Waals surface area contributed by atoms with Crippen LogP contribution in [-0.2, 0) is 0 Å². The Balaban J connectivity index is 2.40. The molecule has 72 valence electrons. The van der Waals surface area contributed by atoms with Crippen LogP contribution in [0.3, 0.4) is 0 Å². The van der Waals surface area contributed by atoms with Crippen LogP contribution < -0.4 is 5.32 Å². The largest absolute Gasteiger partial charge is 0.396 e. The Kier molecular flexibility index (Phi) is 3.50. The summed E-state index contributed by atoms with van der Waals surface area (Å²) in [4.78, 5) is 2.26. The molecule has 3 heteroatoms. The van der Waals surface area contributed by atoms with E-state index in [4.69, 9.17) is 5.11 Å². The van der Waals surface area contributed by atoms with Crippen LogP contribution in [0.1, 0.15) is 13.8 Å². The van der Waals surface area contributed by atoms with E-state index in [1.165, 1.54) is 0 Å². The predicted molar refractivity (Wildman–Crippen MR) is 50.1 cm³/mol. The van der Waals surface area contributed by atoms with E-state index in [9.17, 15) is 0 Å². The molecule has 1 heterocycles. The van der Waals surface area contributed by atoms with Crippen molar-refractivity contribution in [2.24, 2.45) is 5.92 Å². The van der Waals surface area contributed by atoms with E-state index >= 15 is 0 Å². The number of rotatable bonds is 3. The highest BCUT2D eigenvalue weighted by atomic mass is 16.3. The van der Waals surface area contributed by atoms with Gasteiger partial charge >= 0.3 is 0 Å². The first-order valence-corrected chi connectivity index (χ1v) is 4.69. The van der Waals surface area contributed by atoms with Gasteiger partial charge in [0.2, 0.25) is 0 Å². The second kappa shape index (κ2) is 4.21. The van der Waals surface area contributed by atoms with Gasteiger partial charge in [0.25, 0.3) is 0 Å². The van der Waals surface area contributed by atoms with Crippen LogP contribution in [0.4, 0.5) is 0 Å². The third-order valence-electron chi connectivity index (χ3n) is 2.41. The summed E-state index contributed by atoms with van der Waals surface area (Å²) in [5, 5.41) is 12.6. The summed E-state index contributed by atoms with van der Waals surface area (Å²) >= 11 is 0. The van der Waals surface area contributed by atoms with Crippen molar-refractivity contribution >= 4 is 0 Å². The van der Waals surface area contributed by atoms with Crippen LogP contribution in [-0.4, -0.2) is 48.8 Å². The van der Waals surface area contributed by atoms with Crippen LogP contribution >= 0.6 is 0 Å². The second-order valence-electron chi connectivity index (χ2n) is 4.09. The first-order chi connectivity index (χ1) is 5.63. The zero-order chi connectivity index (χ0) is 9.14. The summed E-state index contributed by atoms with van der Waals surface area (Å²) in [6, 6.07) is 0.982. The number of hydrogen-bond donors (Lipinski definition) is 2. The minimum atomic E-state index is 0.300. The average molecular weight is 172 g/mol. The molecule has 0 amide bonds. The monoisotopic (exact) mass is 172 g/mol. The smallest absolute Gasteiger partial charge is 0.0486 e. The highest BCUT2D eigenvalue weighted by Gasteiger charge is 2.29. The molecule has 2 N–H and O–H groups in total. The molecule has 0 radical (unpaired) electrons. The zero-order valence-electron chi connectivity index (χ0n) is 8.25. The number of nitrogens with zero attached hydrogens (tertiary/aromatic N) is 1. The number of nitrogens with one attached hydrogen (secondary N) is 1. The van der Waals surface area contributed by atoms with Gasteiger partial charge < -0.3 is 15.3 Å². The zero-order valence-corrected chi connectivity index (χ0v) is 8.25. The standard InChI is InChI=1S/C9H20N2O/c1-7(2)10-9-5-11(3)4-8(9)6-12/h7-10,12H,4-6H2,1-3H3/t8-,9+/m1/s1. The summed E-state index contributed by atoms with van der Waals surface area (Å²) in [6.45, 7) is 6.67. The minimum absolute atomic E-state index is 0.300. The van der Waals surface area contributed by atoms with Gasteiger partial charge in [0.15, 0.2) is 0 Å². The fourth-order valence-corrected chi connectivity index (χ4v) is 1.89. The maximum absolute atomic E-state index is 9.10. The Morgan fingerprint density at radius 3 is 2.67 bits per heavy atom. The van der Waals surface area contributed by atoms with E-state index in [1.54, 1.807) is 0 Å². The van der Waals surface area contributed by atoms with Crippen LogP contribution in [0.15, 0.2) is 0 Å². The van der Waals surface area contributed by atoms with Gasteiger partial charge in [0.1, 0.15) is 0 Å². The number of hydrogen-bond acceptors (Lipinski definition) is 3. The minimum Gasteiger partial charge on any atom is -0.396 e. The molecule has 0 bridgehead atoms. The van der Waals surface area contributed by atoms with Crippen molar-refractivity contribution in [1.29, 1.82) is 0 Å². The van der Waals surface area contributed by atoms with Gasteiger partial charge in [-0.2, -0.15) is 0 Å². The summed E-state index contributed by atoms with van der Waals surface area (Å²) in [5.74, 6) is 0.414. The summed E-state index contributed by atoms with van der Waals surface area (Å²) in [7, 11) is 2.10. The molecule has 1 fully saturated rings. The fourth-order valence-electron chi connectivity index (χ4n) is 1.89. The molecule has 1 rings (SSSR count). The van der Waals surface area contributed by atoms with Crippen molar-refractivity contribution in [2.45, 2.75) is 25.9 Å². The van der Waals surface area contributed by atoms with Gasteiger partial charge in [-0.15, -0.1) is 0 Å². The quantitative estimate of drug-likeness (QED) is 0.624. The number of aliphatic hydroxyl groups excluding tert-OH is 1. The SMILES string of the molecule is CC(C)N[C@H]1CN(C)C[C@@H]1CO. The molecule has 0 unspecified atom stereocenters. The lowest BCUT2D eigenvalue weighted by atomic mass is 10.0. The molecule has 2 atom stereocenters. The lowest BCUT2D eigenvalue weighted by Gasteiger charge is -2.20.